The van der Waals surface area contributed by atoms with Gasteiger partial charge in [-0.2, -0.15) is 4.31 Å². The van der Waals surface area contributed by atoms with Gasteiger partial charge in [-0.1, -0.05) is 30.3 Å². The Balaban J connectivity index is 2.32. The monoisotopic (exact) mass is 290 g/mol. The zero-order valence-corrected chi connectivity index (χ0v) is 12.3. The third-order valence-corrected chi connectivity index (χ3v) is 5.33. The molecule has 0 aliphatic rings. The van der Waals surface area contributed by atoms with Crippen molar-refractivity contribution >= 4 is 15.7 Å². The van der Waals surface area contributed by atoms with Gasteiger partial charge in [0.1, 0.15) is 0 Å². The minimum absolute atomic E-state index is 0.237. The van der Waals surface area contributed by atoms with Crippen LogP contribution in [-0.2, 0) is 10.0 Å². The first kappa shape index (κ1) is 14.6. The van der Waals surface area contributed by atoms with E-state index < -0.39 is 10.0 Å². The molecule has 2 rings (SSSR count). The molecule has 2 aromatic rings. The molecule has 0 amide bonds. The van der Waals surface area contributed by atoms with Crippen molar-refractivity contribution in [3.8, 4) is 0 Å². The van der Waals surface area contributed by atoms with E-state index in [-0.39, 0.29) is 10.9 Å². The molecular weight excluding hydrogens is 272 g/mol. The number of nitrogens with zero attached hydrogens (tertiary/aromatic N) is 1. The Morgan fingerprint density at radius 3 is 2.10 bits per heavy atom. The summed E-state index contributed by atoms with van der Waals surface area (Å²) >= 11 is 0. The molecular formula is C15H18N2O2S. The highest BCUT2D eigenvalue weighted by atomic mass is 32.2. The average Bonchev–Trinajstić information content (AvgIpc) is 2.47. The lowest BCUT2D eigenvalue weighted by Crippen LogP contribution is -2.29. The third kappa shape index (κ3) is 2.84. The molecule has 1 unspecified atom stereocenters. The number of rotatable bonds is 4. The van der Waals surface area contributed by atoms with Crippen molar-refractivity contribution in [1.82, 2.24) is 4.31 Å². The maximum atomic E-state index is 12.5. The van der Waals surface area contributed by atoms with Crippen molar-refractivity contribution < 1.29 is 8.42 Å². The number of anilines is 1. The van der Waals surface area contributed by atoms with Gasteiger partial charge in [0.15, 0.2) is 0 Å². The quantitative estimate of drug-likeness (QED) is 0.880. The van der Waals surface area contributed by atoms with Crippen LogP contribution in [0.4, 0.5) is 5.69 Å². The van der Waals surface area contributed by atoms with Gasteiger partial charge in [0.05, 0.1) is 4.90 Å². The minimum Gasteiger partial charge on any atom is -0.399 e. The Bertz CT molecular complexity index is 667. The molecule has 4 nitrogen and oxygen atoms in total. The summed E-state index contributed by atoms with van der Waals surface area (Å²) < 4.78 is 26.5. The Labute approximate surface area is 119 Å². The fraction of sp³-hybridized carbons (Fsp3) is 0.200. The van der Waals surface area contributed by atoms with Crippen LogP contribution in [0.5, 0.6) is 0 Å². The predicted octanol–water partition coefficient (Wildman–Crippen LogP) is 2.65. The Morgan fingerprint density at radius 2 is 1.55 bits per heavy atom. The van der Waals surface area contributed by atoms with Gasteiger partial charge in [0, 0.05) is 18.8 Å². The Kier molecular flexibility index (Phi) is 4.11. The van der Waals surface area contributed by atoms with E-state index in [4.69, 9.17) is 5.73 Å². The molecule has 1 atom stereocenters. The third-order valence-electron chi connectivity index (χ3n) is 3.38. The van der Waals surface area contributed by atoms with Gasteiger partial charge >= 0.3 is 0 Å². The molecule has 2 N–H and O–H groups in total. The van der Waals surface area contributed by atoms with Crippen molar-refractivity contribution in [3.63, 3.8) is 0 Å². The minimum atomic E-state index is -3.53. The molecule has 0 radical (unpaired) electrons. The number of benzene rings is 2. The summed E-state index contributed by atoms with van der Waals surface area (Å²) in [5, 5.41) is 0. The normalized spacial score (nSPS) is 13.3. The van der Waals surface area contributed by atoms with E-state index in [1.165, 1.54) is 16.4 Å². The average molecular weight is 290 g/mol. The lowest BCUT2D eigenvalue weighted by atomic mass is 10.1. The highest BCUT2D eigenvalue weighted by molar-refractivity contribution is 7.89. The van der Waals surface area contributed by atoms with E-state index in [0.717, 1.165) is 5.56 Å². The first-order valence-corrected chi connectivity index (χ1v) is 7.75. The van der Waals surface area contributed by atoms with Crippen LogP contribution in [0.3, 0.4) is 0 Å². The van der Waals surface area contributed by atoms with Crippen LogP contribution in [-0.4, -0.2) is 19.8 Å². The van der Waals surface area contributed by atoms with E-state index in [9.17, 15) is 8.42 Å². The van der Waals surface area contributed by atoms with Gasteiger partial charge in [0.25, 0.3) is 0 Å². The van der Waals surface area contributed by atoms with Gasteiger partial charge < -0.3 is 5.73 Å². The number of nitrogen functional groups attached to an aromatic ring is 1. The van der Waals surface area contributed by atoms with Crippen LogP contribution < -0.4 is 5.73 Å². The maximum absolute atomic E-state index is 12.5. The van der Waals surface area contributed by atoms with Crippen LogP contribution in [0.2, 0.25) is 0 Å². The smallest absolute Gasteiger partial charge is 0.243 e. The van der Waals surface area contributed by atoms with Crippen LogP contribution in [0.1, 0.15) is 18.5 Å². The van der Waals surface area contributed by atoms with Gasteiger partial charge in [-0.25, -0.2) is 8.42 Å². The molecule has 20 heavy (non-hydrogen) atoms. The highest BCUT2D eigenvalue weighted by Crippen LogP contribution is 2.25. The first-order chi connectivity index (χ1) is 9.43. The van der Waals surface area contributed by atoms with Crippen molar-refractivity contribution in [2.45, 2.75) is 17.9 Å². The van der Waals surface area contributed by atoms with Crippen LogP contribution >= 0.6 is 0 Å². The second-order valence-corrected chi connectivity index (χ2v) is 6.67. The number of nitrogens with two attached hydrogens (primary N) is 1. The molecule has 0 heterocycles. The fourth-order valence-corrected chi connectivity index (χ4v) is 3.31. The molecule has 5 heteroatoms. The van der Waals surface area contributed by atoms with E-state index in [1.54, 1.807) is 19.2 Å². The summed E-state index contributed by atoms with van der Waals surface area (Å²) in [6.07, 6.45) is 0. The van der Waals surface area contributed by atoms with Crippen LogP contribution in [0.15, 0.2) is 59.5 Å². The van der Waals surface area contributed by atoms with E-state index in [0.29, 0.717) is 5.69 Å². The van der Waals surface area contributed by atoms with Gasteiger partial charge in [0.2, 0.25) is 10.0 Å². The van der Waals surface area contributed by atoms with Gasteiger partial charge in [-0.3, -0.25) is 0 Å². The van der Waals surface area contributed by atoms with Crippen LogP contribution in [0, 0.1) is 0 Å². The largest absolute Gasteiger partial charge is 0.399 e. The zero-order chi connectivity index (χ0) is 14.8. The molecule has 2 aromatic carbocycles. The molecule has 0 aliphatic heterocycles. The van der Waals surface area contributed by atoms with E-state index in [2.05, 4.69) is 0 Å². The molecule has 0 bridgehead atoms. The molecule has 0 spiro atoms. The molecule has 0 aliphatic carbocycles. The highest BCUT2D eigenvalue weighted by Gasteiger charge is 2.25. The fourth-order valence-electron chi connectivity index (χ4n) is 1.96. The lowest BCUT2D eigenvalue weighted by Gasteiger charge is -2.24. The molecule has 0 aromatic heterocycles. The molecule has 106 valence electrons. The number of sulfonamides is 1. The summed E-state index contributed by atoms with van der Waals surface area (Å²) in [6, 6.07) is 15.5. The predicted molar refractivity (Wildman–Crippen MR) is 80.7 cm³/mol. The van der Waals surface area contributed by atoms with Crippen LogP contribution in [0.25, 0.3) is 0 Å². The SMILES string of the molecule is CC(c1ccccc1)N(C)S(=O)(=O)c1ccc(N)cc1. The Morgan fingerprint density at radius 1 is 1.00 bits per heavy atom. The zero-order valence-electron chi connectivity index (χ0n) is 11.5. The second-order valence-electron chi connectivity index (χ2n) is 4.68. The summed E-state index contributed by atoms with van der Waals surface area (Å²) in [4.78, 5) is 0.247. The van der Waals surface area contributed by atoms with E-state index in [1.807, 2.05) is 37.3 Å². The molecule has 0 fully saturated rings. The van der Waals surface area contributed by atoms with Crippen molar-refractivity contribution in [2.75, 3.05) is 12.8 Å². The van der Waals surface area contributed by atoms with Crippen molar-refractivity contribution in [3.05, 3.63) is 60.2 Å². The van der Waals surface area contributed by atoms with Crippen molar-refractivity contribution in [1.29, 1.82) is 0 Å². The Hall–Kier alpha value is -1.85. The summed E-state index contributed by atoms with van der Waals surface area (Å²) in [5.41, 5.74) is 7.09. The lowest BCUT2D eigenvalue weighted by molar-refractivity contribution is 0.398. The molecule has 0 saturated heterocycles. The standard InChI is InChI=1S/C15H18N2O2S/c1-12(13-6-4-3-5-7-13)17(2)20(18,19)15-10-8-14(16)9-11-15/h3-12H,16H2,1-2H3. The van der Waals surface area contributed by atoms with E-state index >= 15 is 0 Å². The first-order valence-electron chi connectivity index (χ1n) is 6.31. The number of hydrogen-bond acceptors (Lipinski definition) is 3. The van der Waals surface area contributed by atoms with Gasteiger partial charge in [-0.15, -0.1) is 0 Å². The van der Waals surface area contributed by atoms with Crippen molar-refractivity contribution in [2.24, 2.45) is 0 Å². The second kappa shape index (κ2) is 5.64. The summed E-state index contributed by atoms with van der Waals surface area (Å²) in [7, 11) is -1.94. The summed E-state index contributed by atoms with van der Waals surface area (Å²) in [5.74, 6) is 0. The van der Waals surface area contributed by atoms with Gasteiger partial charge in [-0.05, 0) is 36.8 Å². The topological polar surface area (TPSA) is 63.4 Å². The molecule has 0 saturated carbocycles. The summed E-state index contributed by atoms with van der Waals surface area (Å²) in [6.45, 7) is 1.87. The maximum Gasteiger partial charge on any atom is 0.243 e. The number of hydrogen-bond donors (Lipinski definition) is 1.